The van der Waals surface area contributed by atoms with Gasteiger partial charge in [-0.2, -0.15) is 0 Å². The molecule has 0 amide bonds. The summed E-state index contributed by atoms with van der Waals surface area (Å²) in [7, 11) is 2.04. The molecule has 0 aromatic heterocycles. The quantitative estimate of drug-likeness (QED) is 0.786. The van der Waals surface area contributed by atoms with Crippen molar-refractivity contribution in [2.24, 2.45) is 5.92 Å². The topological polar surface area (TPSA) is 24.5 Å². The molecule has 0 spiro atoms. The number of morpholine rings is 1. The molecular weight excluding hydrogens is 200 g/mol. The summed E-state index contributed by atoms with van der Waals surface area (Å²) in [5.74, 6) is 0.712. The Labute approximate surface area is 99.5 Å². The SMILES string of the molecule is CNCC(C)C(C)N1CCOC2CCCC21. The van der Waals surface area contributed by atoms with Crippen molar-refractivity contribution in [3.63, 3.8) is 0 Å². The maximum Gasteiger partial charge on any atom is 0.0731 e. The predicted octanol–water partition coefficient (Wildman–Crippen LogP) is 1.48. The second-order valence-corrected chi connectivity index (χ2v) is 5.42. The maximum absolute atomic E-state index is 5.86. The molecule has 0 aromatic rings. The number of hydrogen-bond donors (Lipinski definition) is 1. The molecular formula is C13H26N2O. The second kappa shape index (κ2) is 5.48. The van der Waals surface area contributed by atoms with E-state index in [1.54, 1.807) is 0 Å². The van der Waals surface area contributed by atoms with Gasteiger partial charge in [0.15, 0.2) is 0 Å². The average Bonchev–Trinajstić information content (AvgIpc) is 2.76. The van der Waals surface area contributed by atoms with Gasteiger partial charge in [-0.15, -0.1) is 0 Å². The Morgan fingerprint density at radius 2 is 2.19 bits per heavy atom. The van der Waals surface area contributed by atoms with Gasteiger partial charge in [0.2, 0.25) is 0 Å². The van der Waals surface area contributed by atoms with Crippen molar-refractivity contribution >= 4 is 0 Å². The Morgan fingerprint density at radius 1 is 1.38 bits per heavy atom. The number of nitrogens with one attached hydrogen (secondary N) is 1. The molecule has 1 saturated carbocycles. The van der Waals surface area contributed by atoms with Crippen molar-refractivity contribution in [1.29, 1.82) is 0 Å². The van der Waals surface area contributed by atoms with Crippen LogP contribution < -0.4 is 5.32 Å². The van der Waals surface area contributed by atoms with Crippen LogP contribution in [0.2, 0.25) is 0 Å². The van der Waals surface area contributed by atoms with E-state index in [0.29, 0.717) is 24.1 Å². The van der Waals surface area contributed by atoms with Crippen molar-refractivity contribution < 1.29 is 4.74 Å². The van der Waals surface area contributed by atoms with E-state index in [9.17, 15) is 0 Å². The van der Waals surface area contributed by atoms with E-state index in [1.165, 1.54) is 19.3 Å². The van der Waals surface area contributed by atoms with Gasteiger partial charge in [-0.05, 0) is 45.7 Å². The highest BCUT2D eigenvalue weighted by atomic mass is 16.5. The van der Waals surface area contributed by atoms with Gasteiger partial charge < -0.3 is 10.1 Å². The van der Waals surface area contributed by atoms with E-state index in [1.807, 2.05) is 7.05 Å². The summed E-state index contributed by atoms with van der Waals surface area (Å²) >= 11 is 0. The molecule has 3 heteroatoms. The third kappa shape index (κ3) is 2.41. The van der Waals surface area contributed by atoms with Crippen LogP contribution in [0.15, 0.2) is 0 Å². The third-order valence-corrected chi connectivity index (χ3v) is 4.40. The predicted molar refractivity (Wildman–Crippen MR) is 66.6 cm³/mol. The van der Waals surface area contributed by atoms with Crippen molar-refractivity contribution in [1.82, 2.24) is 10.2 Å². The van der Waals surface area contributed by atoms with Crippen molar-refractivity contribution in [2.75, 3.05) is 26.7 Å². The fraction of sp³-hybridized carbons (Fsp3) is 1.00. The molecule has 1 aliphatic carbocycles. The van der Waals surface area contributed by atoms with Crippen LogP contribution in [0.1, 0.15) is 33.1 Å². The second-order valence-electron chi connectivity index (χ2n) is 5.42. The van der Waals surface area contributed by atoms with Crippen LogP contribution in [-0.2, 0) is 4.74 Å². The first-order valence-corrected chi connectivity index (χ1v) is 6.76. The maximum atomic E-state index is 5.86. The fourth-order valence-corrected chi connectivity index (χ4v) is 3.28. The van der Waals surface area contributed by atoms with Crippen LogP contribution in [0.25, 0.3) is 0 Å². The molecule has 3 nitrogen and oxygen atoms in total. The number of rotatable bonds is 4. The lowest BCUT2D eigenvalue weighted by molar-refractivity contribution is -0.0760. The van der Waals surface area contributed by atoms with Gasteiger partial charge in [0, 0.05) is 18.6 Å². The average molecular weight is 226 g/mol. The van der Waals surface area contributed by atoms with E-state index < -0.39 is 0 Å². The molecule has 4 unspecified atom stereocenters. The molecule has 16 heavy (non-hydrogen) atoms. The van der Waals surface area contributed by atoms with Gasteiger partial charge in [-0.1, -0.05) is 6.92 Å². The van der Waals surface area contributed by atoms with E-state index in [-0.39, 0.29) is 0 Å². The summed E-state index contributed by atoms with van der Waals surface area (Å²) in [5.41, 5.74) is 0. The molecule has 2 aliphatic rings. The lowest BCUT2D eigenvalue weighted by Gasteiger charge is -2.43. The van der Waals surface area contributed by atoms with Crippen molar-refractivity contribution in [2.45, 2.75) is 51.3 Å². The van der Waals surface area contributed by atoms with E-state index in [2.05, 4.69) is 24.1 Å². The van der Waals surface area contributed by atoms with Crippen LogP contribution in [0.3, 0.4) is 0 Å². The first-order valence-electron chi connectivity index (χ1n) is 6.76. The van der Waals surface area contributed by atoms with Gasteiger partial charge in [-0.25, -0.2) is 0 Å². The lowest BCUT2D eigenvalue weighted by atomic mass is 9.98. The molecule has 1 aliphatic heterocycles. The lowest BCUT2D eigenvalue weighted by Crippen LogP contribution is -2.54. The molecule has 0 radical (unpaired) electrons. The Hall–Kier alpha value is -0.120. The Kier molecular flexibility index (Phi) is 4.22. The van der Waals surface area contributed by atoms with Crippen LogP contribution in [0, 0.1) is 5.92 Å². The summed E-state index contributed by atoms with van der Waals surface area (Å²) < 4.78 is 5.86. The van der Waals surface area contributed by atoms with Gasteiger partial charge in [0.1, 0.15) is 0 Å². The Morgan fingerprint density at radius 3 is 2.94 bits per heavy atom. The normalized spacial score (nSPS) is 34.7. The van der Waals surface area contributed by atoms with E-state index in [4.69, 9.17) is 4.74 Å². The largest absolute Gasteiger partial charge is 0.375 e. The summed E-state index contributed by atoms with van der Waals surface area (Å²) in [6.45, 7) is 7.88. The third-order valence-electron chi connectivity index (χ3n) is 4.40. The fourth-order valence-electron chi connectivity index (χ4n) is 3.28. The monoisotopic (exact) mass is 226 g/mol. The minimum absolute atomic E-state index is 0.526. The molecule has 0 bridgehead atoms. The van der Waals surface area contributed by atoms with Crippen LogP contribution >= 0.6 is 0 Å². The van der Waals surface area contributed by atoms with Crippen LogP contribution in [-0.4, -0.2) is 49.8 Å². The number of hydrogen-bond acceptors (Lipinski definition) is 3. The summed E-state index contributed by atoms with van der Waals surface area (Å²) in [6, 6.07) is 1.37. The Bertz CT molecular complexity index is 222. The van der Waals surface area contributed by atoms with Crippen molar-refractivity contribution in [3.05, 3.63) is 0 Å². The number of ether oxygens (including phenoxy) is 1. The smallest absolute Gasteiger partial charge is 0.0731 e. The molecule has 94 valence electrons. The van der Waals surface area contributed by atoms with Gasteiger partial charge >= 0.3 is 0 Å². The Balaban J connectivity index is 1.96. The number of fused-ring (bicyclic) bond motifs is 1. The number of nitrogens with zero attached hydrogens (tertiary/aromatic N) is 1. The molecule has 1 N–H and O–H groups in total. The van der Waals surface area contributed by atoms with Gasteiger partial charge in [-0.3, -0.25) is 4.90 Å². The van der Waals surface area contributed by atoms with Crippen LogP contribution in [0.4, 0.5) is 0 Å². The van der Waals surface area contributed by atoms with Gasteiger partial charge in [0.25, 0.3) is 0 Å². The van der Waals surface area contributed by atoms with E-state index >= 15 is 0 Å². The highest BCUT2D eigenvalue weighted by Gasteiger charge is 2.38. The highest BCUT2D eigenvalue weighted by molar-refractivity contribution is 4.92. The summed E-state index contributed by atoms with van der Waals surface area (Å²) in [6.07, 6.45) is 4.48. The molecule has 1 heterocycles. The zero-order valence-corrected chi connectivity index (χ0v) is 10.9. The molecule has 0 aromatic carbocycles. The standard InChI is InChI=1S/C13H26N2O/c1-10(9-14-3)11(2)15-7-8-16-13-6-4-5-12(13)15/h10-14H,4-9H2,1-3H3. The molecule has 2 fully saturated rings. The zero-order valence-electron chi connectivity index (χ0n) is 10.9. The van der Waals surface area contributed by atoms with Gasteiger partial charge in [0.05, 0.1) is 12.7 Å². The highest BCUT2D eigenvalue weighted by Crippen LogP contribution is 2.32. The minimum atomic E-state index is 0.526. The minimum Gasteiger partial charge on any atom is -0.375 e. The molecule has 1 saturated heterocycles. The summed E-state index contributed by atoms with van der Waals surface area (Å²) in [5, 5.41) is 3.29. The zero-order chi connectivity index (χ0) is 11.5. The first kappa shape index (κ1) is 12.3. The molecule has 2 rings (SSSR count). The molecule has 4 atom stereocenters. The van der Waals surface area contributed by atoms with Crippen LogP contribution in [0.5, 0.6) is 0 Å². The summed E-state index contributed by atoms with van der Waals surface area (Å²) in [4.78, 5) is 2.70. The van der Waals surface area contributed by atoms with E-state index in [0.717, 1.165) is 19.7 Å². The first-order chi connectivity index (χ1) is 7.74. The van der Waals surface area contributed by atoms with Crippen molar-refractivity contribution in [3.8, 4) is 0 Å².